The number of esters is 2. The lowest BCUT2D eigenvalue weighted by Gasteiger charge is -2.17. The van der Waals surface area contributed by atoms with Crippen molar-refractivity contribution in [3.63, 3.8) is 0 Å². The van der Waals surface area contributed by atoms with Gasteiger partial charge in [-0.25, -0.2) is 9.59 Å². The van der Waals surface area contributed by atoms with Crippen LogP contribution in [0.4, 0.5) is 0 Å². The zero-order valence-electron chi connectivity index (χ0n) is 24.7. The average molecular weight is 541 g/mol. The summed E-state index contributed by atoms with van der Waals surface area (Å²) in [5.41, 5.74) is 2.95. The van der Waals surface area contributed by atoms with Gasteiger partial charge in [-0.3, -0.25) is 0 Å². The number of aryl methyl sites for hydroxylation is 2. The van der Waals surface area contributed by atoms with Gasteiger partial charge in [-0.1, -0.05) is 78.4 Å². The first-order chi connectivity index (χ1) is 18.9. The molecule has 2 rings (SSSR count). The van der Waals surface area contributed by atoms with Crippen LogP contribution >= 0.6 is 0 Å². The second kappa shape index (κ2) is 18.3. The maximum absolute atomic E-state index is 13.0. The Bertz CT molecular complexity index is 1020. The first kappa shape index (κ1) is 32.2. The quantitative estimate of drug-likeness (QED) is 0.132. The molecule has 0 heterocycles. The third-order valence-electron chi connectivity index (χ3n) is 6.62. The van der Waals surface area contributed by atoms with E-state index in [0.29, 0.717) is 35.8 Å². The number of unbranched alkanes of at least 4 members (excludes halogenated alkanes) is 6. The van der Waals surface area contributed by atoms with Gasteiger partial charge in [0.25, 0.3) is 0 Å². The lowest BCUT2D eigenvalue weighted by Crippen LogP contribution is -2.23. The summed E-state index contributed by atoms with van der Waals surface area (Å²) in [4.78, 5) is 25.9. The summed E-state index contributed by atoms with van der Waals surface area (Å²) in [6.07, 6.45) is 9.78. The molecule has 0 aromatic heterocycles. The van der Waals surface area contributed by atoms with Crippen LogP contribution in [0.25, 0.3) is 0 Å². The van der Waals surface area contributed by atoms with Crippen molar-refractivity contribution in [1.29, 1.82) is 0 Å². The molecule has 216 valence electrons. The Kier molecular flexibility index (Phi) is 15.1. The largest absolute Gasteiger partial charge is 0.493 e. The monoisotopic (exact) mass is 540 g/mol. The summed E-state index contributed by atoms with van der Waals surface area (Å²) in [5, 5.41) is 0. The molecular formula is C33H48O6. The predicted molar refractivity (Wildman–Crippen MR) is 156 cm³/mol. The zero-order chi connectivity index (χ0) is 28.5. The molecule has 2 aromatic carbocycles. The minimum absolute atomic E-state index is 0.0592. The van der Waals surface area contributed by atoms with E-state index in [4.69, 9.17) is 18.9 Å². The van der Waals surface area contributed by atoms with E-state index in [0.717, 1.165) is 62.5 Å². The van der Waals surface area contributed by atoms with Crippen molar-refractivity contribution < 1.29 is 28.5 Å². The standard InChI is InChI=1S/C33H48O6/c1-6-10-12-14-20-36-30-22-26(8-3)16-18-28(30)32(34)38-24-25(5)39-33(35)29-19-17-27(9-4)23-31(29)37-21-15-13-11-7-2/h16-19,22-23,25H,6-15,20-21,24H2,1-5H3. The second-order valence-corrected chi connectivity index (χ2v) is 10.0. The van der Waals surface area contributed by atoms with Crippen LogP contribution in [0.2, 0.25) is 0 Å². The number of hydrogen-bond donors (Lipinski definition) is 0. The SMILES string of the molecule is CCCCCCOc1cc(CC)ccc1C(=O)OCC(C)OC(=O)c1ccc(CC)cc1OCCCCCC. The molecule has 0 aliphatic carbocycles. The fourth-order valence-corrected chi connectivity index (χ4v) is 4.12. The number of carbonyl (C=O) groups excluding carboxylic acids is 2. The molecule has 0 radical (unpaired) electrons. The molecule has 0 saturated heterocycles. The fourth-order valence-electron chi connectivity index (χ4n) is 4.12. The number of benzene rings is 2. The van der Waals surface area contributed by atoms with Gasteiger partial charge in [0.05, 0.1) is 13.2 Å². The van der Waals surface area contributed by atoms with Gasteiger partial charge in [0, 0.05) is 0 Å². The molecule has 39 heavy (non-hydrogen) atoms. The molecule has 0 aliphatic heterocycles. The smallest absolute Gasteiger partial charge is 0.342 e. The number of ether oxygens (including phenoxy) is 4. The van der Waals surface area contributed by atoms with Gasteiger partial charge < -0.3 is 18.9 Å². The van der Waals surface area contributed by atoms with Crippen LogP contribution in [0, 0.1) is 0 Å². The molecule has 0 spiro atoms. The van der Waals surface area contributed by atoms with E-state index in [9.17, 15) is 9.59 Å². The summed E-state index contributed by atoms with van der Waals surface area (Å²) in [7, 11) is 0. The van der Waals surface area contributed by atoms with Crippen molar-refractivity contribution in [2.45, 2.75) is 105 Å². The van der Waals surface area contributed by atoms with Crippen LogP contribution in [0.15, 0.2) is 36.4 Å². The number of hydrogen-bond acceptors (Lipinski definition) is 6. The predicted octanol–water partition coefficient (Wildman–Crippen LogP) is 8.13. The van der Waals surface area contributed by atoms with Crippen LogP contribution in [0.1, 0.15) is 118 Å². The molecule has 0 bridgehead atoms. The van der Waals surface area contributed by atoms with Gasteiger partial charge in [0.2, 0.25) is 0 Å². The Morgan fingerprint density at radius 2 is 1.15 bits per heavy atom. The van der Waals surface area contributed by atoms with Crippen LogP contribution in [-0.2, 0) is 22.3 Å². The van der Waals surface area contributed by atoms with Crippen molar-refractivity contribution in [2.24, 2.45) is 0 Å². The summed E-state index contributed by atoms with van der Waals surface area (Å²) in [5.74, 6) is 0.0923. The highest BCUT2D eigenvalue weighted by molar-refractivity contribution is 5.93. The van der Waals surface area contributed by atoms with Crippen molar-refractivity contribution >= 4 is 11.9 Å². The van der Waals surface area contributed by atoms with E-state index in [1.807, 2.05) is 24.3 Å². The molecule has 6 nitrogen and oxygen atoms in total. The Morgan fingerprint density at radius 1 is 0.667 bits per heavy atom. The highest BCUT2D eigenvalue weighted by Crippen LogP contribution is 2.25. The lowest BCUT2D eigenvalue weighted by molar-refractivity contribution is 0.00404. The maximum Gasteiger partial charge on any atom is 0.342 e. The molecule has 0 N–H and O–H groups in total. The summed E-state index contributed by atoms with van der Waals surface area (Å²) < 4.78 is 23.1. The van der Waals surface area contributed by atoms with Crippen molar-refractivity contribution in [3.05, 3.63) is 58.7 Å². The van der Waals surface area contributed by atoms with Crippen molar-refractivity contribution in [2.75, 3.05) is 19.8 Å². The van der Waals surface area contributed by atoms with E-state index in [1.54, 1.807) is 19.1 Å². The minimum atomic E-state index is -0.627. The van der Waals surface area contributed by atoms with Gasteiger partial charge >= 0.3 is 11.9 Å². The highest BCUT2D eigenvalue weighted by atomic mass is 16.6. The van der Waals surface area contributed by atoms with E-state index in [1.165, 1.54) is 12.8 Å². The summed E-state index contributed by atoms with van der Waals surface area (Å²) >= 11 is 0. The zero-order valence-corrected chi connectivity index (χ0v) is 24.7. The second-order valence-electron chi connectivity index (χ2n) is 10.0. The van der Waals surface area contributed by atoms with Crippen molar-refractivity contribution in [1.82, 2.24) is 0 Å². The number of rotatable bonds is 19. The van der Waals surface area contributed by atoms with Crippen LogP contribution in [0.3, 0.4) is 0 Å². The molecule has 0 fully saturated rings. The Hall–Kier alpha value is -3.02. The normalized spacial score (nSPS) is 11.6. The van der Waals surface area contributed by atoms with Crippen LogP contribution in [-0.4, -0.2) is 37.9 Å². The molecule has 0 saturated carbocycles. The molecule has 1 unspecified atom stereocenters. The van der Waals surface area contributed by atoms with E-state index in [2.05, 4.69) is 27.7 Å². The Labute approximate surface area is 235 Å². The van der Waals surface area contributed by atoms with Crippen LogP contribution in [0.5, 0.6) is 11.5 Å². The van der Waals surface area contributed by atoms with Crippen molar-refractivity contribution in [3.8, 4) is 11.5 Å². The molecule has 1 atom stereocenters. The van der Waals surface area contributed by atoms with E-state index >= 15 is 0 Å². The van der Waals surface area contributed by atoms with Gasteiger partial charge in [0.1, 0.15) is 35.3 Å². The number of carbonyl (C=O) groups is 2. The van der Waals surface area contributed by atoms with Gasteiger partial charge in [-0.05, 0) is 68.0 Å². The lowest BCUT2D eigenvalue weighted by atomic mass is 10.1. The Balaban J connectivity index is 1.97. The average Bonchev–Trinajstić information content (AvgIpc) is 2.95. The third-order valence-corrected chi connectivity index (χ3v) is 6.62. The van der Waals surface area contributed by atoms with Gasteiger partial charge in [-0.2, -0.15) is 0 Å². The van der Waals surface area contributed by atoms with Gasteiger partial charge in [-0.15, -0.1) is 0 Å². The molecular weight excluding hydrogens is 492 g/mol. The first-order valence-electron chi connectivity index (χ1n) is 14.8. The van der Waals surface area contributed by atoms with E-state index in [-0.39, 0.29) is 6.61 Å². The molecule has 0 aliphatic rings. The molecule has 6 heteroatoms. The van der Waals surface area contributed by atoms with E-state index < -0.39 is 18.0 Å². The first-order valence-corrected chi connectivity index (χ1v) is 14.8. The summed E-state index contributed by atoms with van der Waals surface area (Å²) in [6, 6.07) is 11.1. The highest BCUT2D eigenvalue weighted by Gasteiger charge is 2.20. The Morgan fingerprint density at radius 3 is 1.62 bits per heavy atom. The molecule has 0 amide bonds. The maximum atomic E-state index is 13.0. The van der Waals surface area contributed by atoms with Crippen LogP contribution < -0.4 is 9.47 Å². The summed E-state index contributed by atoms with van der Waals surface area (Å²) in [6.45, 7) is 11.2. The topological polar surface area (TPSA) is 71.1 Å². The molecule has 2 aromatic rings. The fraction of sp³-hybridized carbons (Fsp3) is 0.576. The third kappa shape index (κ3) is 11.3. The van der Waals surface area contributed by atoms with Gasteiger partial charge in [0.15, 0.2) is 0 Å². The minimum Gasteiger partial charge on any atom is -0.493 e.